The van der Waals surface area contributed by atoms with E-state index in [1.165, 1.54) is 11.3 Å². The van der Waals surface area contributed by atoms with Crippen LogP contribution in [0.15, 0.2) is 65.8 Å². The van der Waals surface area contributed by atoms with E-state index in [1.54, 1.807) is 6.21 Å². The van der Waals surface area contributed by atoms with Gasteiger partial charge in [-0.2, -0.15) is 5.10 Å². The average molecular weight is 402 g/mol. The molecule has 8 heteroatoms. The summed E-state index contributed by atoms with van der Waals surface area (Å²) < 4.78 is 0. The molecule has 2 aromatic carbocycles. The van der Waals surface area contributed by atoms with Gasteiger partial charge in [0, 0.05) is 12.2 Å². The fourth-order valence-electron chi connectivity index (χ4n) is 2.06. The highest BCUT2D eigenvalue weighted by molar-refractivity contribution is 7.80. The molecule has 0 aliphatic rings. The Kier molecular flexibility index (Phi) is 6.54. The van der Waals surface area contributed by atoms with Crippen LogP contribution in [0.3, 0.4) is 0 Å². The molecule has 0 bridgehead atoms. The Bertz CT molecular complexity index is 881. The number of benzene rings is 2. The van der Waals surface area contributed by atoms with Gasteiger partial charge in [0.05, 0.1) is 11.1 Å². The number of nitrogens with one attached hydrogen (secondary N) is 3. The van der Waals surface area contributed by atoms with Crippen LogP contribution in [0.4, 0.5) is 10.8 Å². The third-order valence-corrected chi connectivity index (χ3v) is 4.82. The second kappa shape index (κ2) is 9.28. The maximum Gasteiger partial charge on any atom is 0.189 e. The first-order valence-corrected chi connectivity index (χ1v) is 9.40. The largest absolute Gasteiger partial charge is 0.357 e. The number of nitrogens with zero attached hydrogens (tertiary/aromatic N) is 2. The van der Waals surface area contributed by atoms with E-state index in [-0.39, 0.29) is 0 Å². The van der Waals surface area contributed by atoms with Gasteiger partial charge >= 0.3 is 0 Å². The van der Waals surface area contributed by atoms with Gasteiger partial charge < -0.3 is 10.6 Å². The molecule has 1 aromatic heterocycles. The van der Waals surface area contributed by atoms with Crippen LogP contribution in [0, 0.1) is 0 Å². The Labute approximate surface area is 166 Å². The van der Waals surface area contributed by atoms with Crippen molar-refractivity contribution in [2.75, 3.05) is 5.32 Å². The highest BCUT2D eigenvalue weighted by Gasteiger charge is 2.07. The molecule has 0 fully saturated rings. The van der Waals surface area contributed by atoms with Crippen molar-refractivity contribution in [3.05, 3.63) is 76.3 Å². The van der Waals surface area contributed by atoms with E-state index in [0.717, 1.165) is 16.1 Å². The Hall–Kier alpha value is -2.48. The minimum absolute atomic E-state index is 0.391. The lowest BCUT2D eigenvalue weighted by Crippen LogP contribution is -2.31. The first-order valence-electron chi connectivity index (χ1n) is 7.80. The van der Waals surface area contributed by atoms with Gasteiger partial charge in [-0.15, -0.1) is 0 Å². The van der Waals surface area contributed by atoms with Crippen LogP contribution in [-0.2, 0) is 6.54 Å². The zero-order valence-corrected chi connectivity index (χ0v) is 16.0. The summed E-state index contributed by atoms with van der Waals surface area (Å²) >= 11 is 12.8. The third-order valence-electron chi connectivity index (χ3n) is 3.28. The maximum atomic E-state index is 6.16. The molecule has 0 unspecified atom stereocenters. The number of hydrogen-bond donors (Lipinski definition) is 3. The molecular weight excluding hydrogens is 386 g/mol. The van der Waals surface area contributed by atoms with Gasteiger partial charge in [-0.05, 0) is 29.9 Å². The first-order chi connectivity index (χ1) is 12.7. The van der Waals surface area contributed by atoms with E-state index in [9.17, 15) is 0 Å². The minimum Gasteiger partial charge on any atom is -0.357 e. The van der Waals surface area contributed by atoms with Crippen molar-refractivity contribution in [2.45, 2.75) is 6.54 Å². The smallest absolute Gasteiger partial charge is 0.189 e. The molecule has 132 valence electrons. The summed E-state index contributed by atoms with van der Waals surface area (Å²) in [6, 6.07) is 19.8. The van der Waals surface area contributed by atoms with Crippen molar-refractivity contribution in [1.82, 2.24) is 15.7 Å². The molecule has 3 N–H and O–H groups in total. The molecule has 0 spiro atoms. The highest BCUT2D eigenvalue weighted by atomic mass is 35.5. The van der Waals surface area contributed by atoms with Gasteiger partial charge in [0.15, 0.2) is 15.4 Å². The fourth-order valence-corrected chi connectivity index (χ4v) is 3.23. The number of rotatable bonds is 6. The summed E-state index contributed by atoms with van der Waals surface area (Å²) in [6.07, 6.45) is 1.60. The second-order valence-electron chi connectivity index (χ2n) is 5.20. The van der Waals surface area contributed by atoms with E-state index in [0.29, 0.717) is 21.9 Å². The van der Waals surface area contributed by atoms with Crippen molar-refractivity contribution < 1.29 is 0 Å². The Morgan fingerprint density at radius 3 is 2.54 bits per heavy atom. The lowest BCUT2D eigenvalue weighted by Gasteiger charge is -2.06. The van der Waals surface area contributed by atoms with Crippen molar-refractivity contribution >= 4 is 57.3 Å². The van der Waals surface area contributed by atoms with Gasteiger partial charge in [-0.3, -0.25) is 5.43 Å². The van der Waals surface area contributed by atoms with Gasteiger partial charge in [0.2, 0.25) is 0 Å². The van der Waals surface area contributed by atoms with Crippen LogP contribution < -0.4 is 16.1 Å². The minimum atomic E-state index is 0.391. The Morgan fingerprint density at radius 2 is 1.81 bits per heavy atom. The summed E-state index contributed by atoms with van der Waals surface area (Å²) in [5, 5.41) is 11.9. The number of hydrazone groups is 1. The monoisotopic (exact) mass is 401 g/mol. The normalized spacial score (nSPS) is 10.7. The molecule has 0 radical (unpaired) electrons. The van der Waals surface area contributed by atoms with Gasteiger partial charge in [-0.1, -0.05) is 71.5 Å². The molecule has 3 rings (SSSR count). The van der Waals surface area contributed by atoms with Crippen molar-refractivity contribution in [3.8, 4) is 0 Å². The molecule has 3 aromatic rings. The van der Waals surface area contributed by atoms with Crippen LogP contribution in [-0.4, -0.2) is 16.3 Å². The van der Waals surface area contributed by atoms with Crippen LogP contribution in [0.5, 0.6) is 0 Å². The Balaban J connectivity index is 1.51. The molecule has 5 nitrogen and oxygen atoms in total. The third kappa shape index (κ3) is 5.52. The molecule has 0 atom stereocenters. The summed E-state index contributed by atoms with van der Waals surface area (Å²) in [5.41, 5.74) is 4.87. The summed E-state index contributed by atoms with van der Waals surface area (Å²) in [7, 11) is 0. The van der Waals surface area contributed by atoms with E-state index >= 15 is 0 Å². The number of thiazole rings is 1. The number of para-hydroxylation sites is 1. The highest BCUT2D eigenvalue weighted by Crippen LogP contribution is 2.27. The van der Waals surface area contributed by atoms with Crippen LogP contribution >= 0.6 is 35.2 Å². The zero-order chi connectivity index (χ0) is 18.2. The van der Waals surface area contributed by atoms with Gasteiger partial charge in [0.25, 0.3) is 0 Å². The predicted molar refractivity (Wildman–Crippen MR) is 113 cm³/mol. The molecule has 0 saturated carbocycles. The number of hydrogen-bond acceptors (Lipinski definition) is 5. The number of aromatic nitrogens is 1. The molecular formula is C18H16ClN5S2. The molecule has 0 saturated heterocycles. The summed E-state index contributed by atoms with van der Waals surface area (Å²) in [4.78, 5) is 5.02. The fraction of sp³-hybridized carbons (Fsp3) is 0.0556. The van der Waals surface area contributed by atoms with Crippen LogP contribution in [0.2, 0.25) is 5.15 Å². The lowest BCUT2D eigenvalue weighted by molar-refractivity contribution is 0.869. The summed E-state index contributed by atoms with van der Waals surface area (Å²) in [5.74, 6) is 0. The first kappa shape index (κ1) is 18.3. The Morgan fingerprint density at radius 1 is 1.12 bits per heavy atom. The lowest BCUT2D eigenvalue weighted by atomic mass is 10.2. The molecule has 0 aliphatic heterocycles. The molecule has 0 amide bonds. The SMILES string of the molecule is S=C(NCc1ccccc1)NN=Cc1sc(Nc2ccccc2)nc1Cl. The van der Waals surface area contributed by atoms with Crippen molar-refractivity contribution in [3.63, 3.8) is 0 Å². The van der Waals surface area contributed by atoms with Crippen molar-refractivity contribution in [2.24, 2.45) is 5.10 Å². The topological polar surface area (TPSA) is 61.3 Å². The molecule has 0 aliphatic carbocycles. The van der Waals surface area contributed by atoms with E-state index in [1.807, 2.05) is 60.7 Å². The number of halogens is 1. The van der Waals surface area contributed by atoms with E-state index < -0.39 is 0 Å². The summed E-state index contributed by atoms with van der Waals surface area (Å²) in [6.45, 7) is 0.634. The van der Waals surface area contributed by atoms with E-state index in [4.69, 9.17) is 23.8 Å². The second-order valence-corrected chi connectivity index (χ2v) is 7.00. The quantitative estimate of drug-likeness (QED) is 0.321. The maximum absolute atomic E-state index is 6.16. The molecule has 26 heavy (non-hydrogen) atoms. The average Bonchev–Trinajstić information content (AvgIpc) is 3.01. The van der Waals surface area contributed by atoms with Gasteiger partial charge in [0.1, 0.15) is 0 Å². The van der Waals surface area contributed by atoms with Gasteiger partial charge in [-0.25, -0.2) is 4.98 Å². The van der Waals surface area contributed by atoms with Crippen LogP contribution in [0.25, 0.3) is 0 Å². The number of anilines is 2. The van der Waals surface area contributed by atoms with Crippen molar-refractivity contribution in [1.29, 1.82) is 0 Å². The van der Waals surface area contributed by atoms with E-state index in [2.05, 4.69) is 26.1 Å². The zero-order valence-electron chi connectivity index (χ0n) is 13.6. The molecule has 1 heterocycles. The number of thiocarbonyl (C=S) groups is 1. The standard InChI is InChI=1S/C18H16ClN5S2/c19-16-15(26-18(23-16)22-14-9-5-2-6-10-14)12-21-24-17(25)20-11-13-7-3-1-4-8-13/h1-10,12H,11H2,(H,22,23)(H2,20,24,25). The predicted octanol–water partition coefficient (Wildman–Crippen LogP) is 4.54. The van der Waals surface area contributed by atoms with Crippen LogP contribution in [0.1, 0.15) is 10.4 Å².